The maximum absolute atomic E-state index is 5.47. The van der Waals surface area contributed by atoms with Gasteiger partial charge in [0.2, 0.25) is 0 Å². The second-order valence-electron chi connectivity index (χ2n) is 4.55. The molecule has 2 heteroatoms. The van der Waals surface area contributed by atoms with Gasteiger partial charge in [0.25, 0.3) is 0 Å². The molecule has 15 heavy (non-hydrogen) atoms. The van der Waals surface area contributed by atoms with Crippen LogP contribution in [-0.2, 0) is 6.42 Å². The van der Waals surface area contributed by atoms with E-state index in [1.165, 1.54) is 11.3 Å². The highest BCUT2D eigenvalue weighted by Gasteiger charge is 2.27. The van der Waals surface area contributed by atoms with Crippen LogP contribution in [0.3, 0.4) is 0 Å². The van der Waals surface area contributed by atoms with Crippen molar-refractivity contribution in [1.82, 2.24) is 10.3 Å². The molecular formula is C13H16N2. The Labute approximate surface area is 91.1 Å². The van der Waals surface area contributed by atoms with E-state index in [0.717, 1.165) is 12.8 Å². The van der Waals surface area contributed by atoms with E-state index in [4.69, 9.17) is 6.42 Å². The normalized spacial score (nSPS) is 19.7. The maximum atomic E-state index is 5.47. The van der Waals surface area contributed by atoms with Crippen molar-refractivity contribution in [2.24, 2.45) is 0 Å². The lowest BCUT2D eigenvalue weighted by atomic mass is 10.0. The zero-order valence-electron chi connectivity index (χ0n) is 9.25. The summed E-state index contributed by atoms with van der Waals surface area (Å²) in [5.41, 5.74) is 2.26. The van der Waals surface area contributed by atoms with Crippen LogP contribution in [0.4, 0.5) is 0 Å². The third kappa shape index (κ3) is 2.03. The van der Waals surface area contributed by atoms with Gasteiger partial charge in [0, 0.05) is 6.20 Å². The van der Waals surface area contributed by atoms with Crippen molar-refractivity contribution in [3.63, 3.8) is 0 Å². The van der Waals surface area contributed by atoms with Crippen molar-refractivity contribution in [3.8, 4) is 12.3 Å². The molecule has 1 aliphatic rings. The highest BCUT2D eigenvalue weighted by Crippen LogP contribution is 2.30. The quantitative estimate of drug-likeness (QED) is 0.739. The average Bonchev–Trinajstić information content (AvgIpc) is 2.62. The summed E-state index contributed by atoms with van der Waals surface area (Å²) in [5.74, 6) is 2.76. The molecule has 1 aromatic heterocycles. The van der Waals surface area contributed by atoms with Gasteiger partial charge in [0.15, 0.2) is 0 Å². The fourth-order valence-corrected chi connectivity index (χ4v) is 2.03. The van der Waals surface area contributed by atoms with Crippen LogP contribution in [0.15, 0.2) is 18.3 Å². The monoisotopic (exact) mass is 200 g/mol. The molecular weight excluding hydrogens is 184 g/mol. The van der Waals surface area contributed by atoms with E-state index in [9.17, 15) is 0 Å². The highest BCUT2D eigenvalue weighted by molar-refractivity contribution is 5.29. The van der Waals surface area contributed by atoms with Crippen LogP contribution in [0, 0.1) is 12.3 Å². The fraction of sp³-hybridized carbons (Fsp3) is 0.462. The number of aryl methyl sites for hydroxylation is 1. The maximum Gasteiger partial charge on any atom is 0.0746 e. The van der Waals surface area contributed by atoms with Crippen molar-refractivity contribution >= 4 is 0 Å². The van der Waals surface area contributed by atoms with Crippen LogP contribution in [0.1, 0.15) is 37.6 Å². The molecule has 0 bridgehead atoms. The Morgan fingerprint density at radius 1 is 1.60 bits per heavy atom. The molecule has 0 fully saturated rings. The summed E-state index contributed by atoms with van der Waals surface area (Å²) in [6.07, 6.45) is 9.51. The Balaban J connectivity index is 2.19. The molecule has 0 spiro atoms. The summed E-state index contributed by atoms with van der Waals surface area (Å²) >= 11 is 0. The molecule has 0 saturated carbocycles. The number of nitrogens with one attached hydrogen (secondary N) is 1. The van der Waals surface area contributed by atoms with Crippen LogP contribution >= 0.6 is 0 Å². The molecule has 2 nitrogen and oxygen atoms in total. The minimum atomic E-state index is -0.260. The smallest absolute Gasteiger partial charge is 0.0746 e. The molecule has 0 aliphatic heterocycles. The summed E-state index contributed by atoms with van der Waals surface area (Å²) in [7, 11) is 0. The van der Waals surface area contributed by atoms with Gasteiger partial charge in [-0.25, -0.2) is 0 Å². The largest absolute Gasteiger partial charge is 0.293 e. The number of hydrogen-bond donors (Lipinski definition) is 1. The second-order valence-corrected chi connectivity index (χ2v) is 4.55. The van der Waals surface area contributed by atoms with Crippen molar-refractivity contribution in [2.75, 3.05) is 0 Å². The van der Waals surface area contributed by atoms with Crippen molar-refractivity contribution in [2.45, 2.75) is 38.3 Å². The summed E-state index contributed by atoms with van der Waals surface area (Å²) in [4.78, 5) is 4.43. The van der Waals surface area contributed by atoms with Crippen molar-refractivity contribution < 1.29 is 0 Å². The number of nitrogens with zero attached hydrogens (tertiary/aromatic N) is 1. The second kappa shape index (κ2) is 3.67. The number of hydrogen-bond acceptors (Lipinski definition) is 2. The van der Waals surface area contributed by atoms with Crippen LogP contribution in [0.25, 0.3) is 0 Å². The van der Waals surface area contributed by atoms with Gasteiger partial charge in [0.05, 0.1) is 17.3 Å². The van der Waals surface area contributed by atoms with Crippen LogP contribution in [0.2, 0.25) is 0 Å². The van der Waals surface area contributed by atoms with E-state index in [0.29, 0.717) is 6.04 Å². The molecule has 1 aromatic rings. The van der Waals surface area contributed by atoms with Crippen molar-refractivity contribution in [1.29, 1.82) is 0 Å². The van der Waals surface area contributed by atoms with E-state index in [2.05, 4.69) is 22.3 Å². The molecule has 1 aliphatic carbocycles. The molecule has 0 radical (unpaired) electrons. The van der Waals surface area contributed by atoms with Gasteiger partial charge in [-0.3, -0.25) is 10.3 Å². The molecule has 1 heterocycles. The number of rotatable bonds is 2. The van der Waals surface area contributed by atoms with Gasteiger partial charge < -0.3 is 0 Å². The van der Waals surface area contributed by atoms with Crippen molar-refractivity contribution in [3.05, 3.63) is 29.6 Å². The standard InChI is InChI=1S/C13H16N2/c1-4-13(2,3)15-11-8-7-10-6-5-9-14-12(10)11/h1,5-6,9,11,15H,7-8H2,2-3H3. The third-order valence-electron chi connectivity index (χ3n) is 2.85. The minimum absolute atomic E-state index is 0.260. The Morgan fingerprint density at radius 3 is 3.13 bits per heavy atom. The minimum Gasteiger partial charge on any atom is -0.293 e. The molecule has 0 amide bonds. The zero-order chi connectivity index (χ0) is 10.9. The summed E-state index contributed by atoms with van der Waals surface area (Å²) in [6.45, 7) is 4.04. The highest BCUT2D eigenvalue weighted by atomic mass is 15.0. The van der Waals surface area contributed by atoms with Gasteiger partial charge in [-0.2, -0.15) is 0 Å². The van der Waals surface area contributed by atoms with E-state index >= 15 is 0 Å². The molecule has 0 saturated heterocycles. The first-order valence-electron chi connectivity index (χ1n) is 5.31. The molecule has 1 unspecified atom stereocenters. The fourth-order valence-electron chi connectivity index (χ4n) is 2.03. The summed E-state index contributed by atoms with van der Waals surface area (Å²) in [5, 5.41) is 3.46. The van der Waals surface area contributed by atoms with Crippen LogP contribution < -0.4 is 5.32 Å². The lowest BCUT2D eigenvalue weighted by Crippen LogP contribution is -2.39. The molecule has 0 aromatic carbocycles. The van der Waals surface area contributed by atoms with Crippen LogP contribution in [0.5, 0.6) is 0 Å². The predicted molar refractivity (Wildman–Crippen MR) is 61.3 cm³/mol. The molecule has 1 N–H and O–H groups in total. The first kappa shape index (κ1) is 10.2. The Bertz CT molecular complexity index is 401. The number of fused-ring (bicyclic) bond motifs is 1. The first-order valence-corrected chi connectivity index (χ1v) is 5.31. The van der Waals surface area contributed by atoms with E-state index in [1.807, 2.05) is 26.1 Å². The first-order chi connectivity index (χ1) is 7.12. The third-order valence-corrected chi connectivity index (χ3v) is 2.85. The Hall–Kier alpha value is -1.33. The number of aromatic nitrogens is 1. The lowest BCUT2D eigenvalue weighted by Gasteiger charge is -2.24. The average molecular weight is 200 g/mol. The molecule has 1 atom stereocenters. The zero-order valence-corrected chi connectivity index (χ0v) is 9.25. The van der Waals surface area contributed by atoms with E-state index in [-0.39, 0.29) is 5.54 Å². The SMILES string of the molecule is C#CC(C)(C)NC1CCc2cccnc21. The topological polar surface area (TPSA) is 24.9 Å². The Kier molecular flexibility index (Phi) is 2.50. The molecule has 78 valence electrons. The van der Waals surface area contributed by atoms with Gasteiger partial charge >= 0.3 is 0 Å². The van der Waals surface area contributed by atoms with Gasteiger partial charge in [-0.15, -0.1) is 6.42 Å². The molecule has 2 rings (SSSR count). The van der Waals surface area contributed by atoms with Crippen LogP contribution in [-0.4, -0.2) is 10.5 Å². The predicted octanol–water partition coefficient (Wildman–Crippen LogP) is 2.07. The number of pyridine rings is 1. The Morgan fingerprint density at radius 2 is 2.40 bits per heavy atom. The summed E-state index contributed by atoms with van der Waals surface area (Å²) in [6, 6.07) is 4.45. The summed E-state index contributed by atoms with van der Waals surface area (Å²) < 4.78 is 0. The van der Waals surface area contributed by atoms with E-state index in [1.54, 1.807) is 0 Å². The van der Waals surface area contributed by atoms with E-state index < -0.39 is 0 Å². The van der Waals surface area contributed by atoms with Gasteiger partial charge in [-0.1, -0.05) is 12.0 Å². The number of terminal acetylenes is 1. The van der Waals surface area contributed by atoms with Gasteiger partial charge in [0.1, 0.15) is 0 Å². The van der Waals surface area contributed by atoms with Gasteiger partial charge in [-0.05, 0) is 38.3 Å². The lowest BCUT2D eigenvalue weighted by molar-refractivity contribution is 0.405.